The Labute approximate surface area is 157 Å². The van der Waals surface area contributed by atoms with Crippen LogP contribution in [0.5, 0.6) is 5.75 Å². The molecule has 0 unspecified atom stereocenters. The molecule has 0 saturated heterocycles. The molecule has 2 heterocycles. The van der Waals surface area contributed by atoms with E-state index in [9.17, 15) is 0 Å². The van der Waals surface area contributed by atoms with Crippen LogP contribution in [-0.2, 0) is 9.47 Å². The maximum absolute atomic E-state index is 6.15. The van der Waals surface area contributed by atoms with Crippen LogP contribution in [0.3, 0.4) is 0 Å². The van der Waals surface area contributed by atoms with Gasteiger partial charge in [0.25, 0.3) is 0 Å². The first kappa shape index (κ1) is 18.8. The van der Waals surface area contributed by atoms with Gasteiger partial charge >= 0.3 is 0 Å². The van der Waals surface area contributed by atoms with E-state index >= 15 is 0 Å². The van der Waals surface area contributed by atoms with Crippen molar-refractivity contribution in [3.05, 3.63) is 34.9 Å². The Balaban J connectivity index is 2.08. The molecule has 0 amide bonds. The van der Waals surface area contributed by atoms with Gasteiger partial charge < -0.3 is 14.2 Å². The number of hydrogen-bond donors (Lipinski definition) is 0. The summed E-state index contributed by atoms with van der Waals surface area (Å²) in [5.41, 5.74) is 3.12. The molecule has 0 fully saturated rings. The quantitative estimate of drug-likeness (QED) is 0.759. The van der Waals surface area contributed by atoms with E-state index in [-0.39, 0.29) is 16.4 Å². The van der Waals surface area contributed by atoms with Crippen LogP contribution in [0.15, 0.2) is 28.8 Å². The summed E-state index contributed by atoms with van der Waals surface area (Å²) in [5.74, 6) is 2.38. The molecule has 4 heteroatoms. The van der Waals surface area contributed by atoms with E-state index in [0.717, 1.165) is 22.6 Å². The van der Waals surface area contributed by atoms with Crippen molar-refractivity contribution in [1.29, 1.82) is 0 Å². The summed E-state index contributed by atoms with van der Waals surface area (Å²) in [6, 6.07) is 6.14. The zero-order chi connectivity index (χ0) is 19.3. The van der Waals surface area contributed by atoms with Gasteiger partial charge in [0.15, 0.2) is 0 Å². The molecule has 2 aliphatic heterocycles. The number of hydrogen-bond acceptors (Lipinski definition) is 4. The van der Waals surface area contributed by atoms with Crippen molar-refractivity contribution in [3.8, 4) is 5.75 Å². The van der Waals surface area contributed by atoms with Gasteiger partial charge in [-0.15, -0.1) is 0 Å². The molecular formula is C22H31NO3. The van der Waals surface area contributed by atoms with Crippen molar-refractivity contribution in [3.63, 3.8) is 0 Å². The first-order chi connectivity index (χ1) is 11.9. The largest absolute Gasteiger partial charge is 0.496 e. The van der Waals surface area contributed by atoms with Crippen LogP contribution in [0.1, 0.15) is 59.6 Å². The standard InChI is InChI=1S/C22H31NO3/c1-20(2,3)18-17(25-12-21(18,4)5)14-9-10-15(16(11-14)24-8)19-23-22(6,7)13-26-19/h9-11H,12-13H2,1-8H3. The maximum Gasteiger partial charge on any atom is 0.220 e. The summed E-state index contributed by atoms with van der Waals surface area (Å²) in [5, 5.41) is 0. The molecule has 26 heavy (non-hydrogen) atoms. The molecule has 0 aliphatic carbocycles. The van der Waals surface area contributed by atoms with E-state index < -0.39 is 0 Å². The molecule has 0 N–H and O–H groups in total. The van der Waals surface area contributed by atoms with E-state index in [1.165, 1.54) is 5.57 Å². The van der Waals surface area contributed by atoms with Crippen LogP contribution in [0.4, 0.5) is 0 Å². The van der Waals surface area contributed by atoms with Gasteiger partial charge in [0.05, 0.1) is 24.8 Å². The molecule has 0 radical (unpaired) electrons. The highest BCUT2D eigenvalue weighted by atomic mass is 16.5. The summed E-state index contributed by atoms with van der Waals surface area (Å²) in [4.78, 5) is 4.67. The summed E-state index contributed by atoms with van der Waals surface area (Å²) < 4.78 is 17.6. The minimum absolute atomic E-state index is 0.0160. The molecule has 142 valence electrons. The van der Waals surface area contributed by atoms with E-state index in [1.807, 2.05) is 12.1 Å². The van der Waals surface area contributed by atoms with Crippen LogP contribution in [0, 0.1) is 10.8 Å². The second-order valence-corrected chi connectivity index (χ2v) is 9.56. The predicted molar refractivity (Wildman–Crippen MR) is 106 cm³/mol. The van der Waals surface area contributed by atoms with Crippen LogP contribution in [-0.4, -0.2) is 31.8 Å². The number of methoxy groups -OCH3 is 1. The van der Waals surface area contributed by atoms with Crippen molar-refractivity contribution in [1.82, 2.24) is 0 Å². The summed E-state index contributed by atoms with van der Waals surface area (Å²) >= 11 is 0. The van der Waals surface area contributed by atoms with Gasteiger partial charge in [-0.1, -0.05) is 40.7 Å². The van der Waals surface area contributed by atoms with Gasteiger partial charge in [-0.05, 0) is 37.0 Å². The topological polar surface area (TPSA) is 40.0 Å². The molecule has 0 atom stereocenters. The van der Waals surface area contributed by atoms with Crippen molar-refractivity contribution >= 4 is 11.7 Å². The van der Waals surface area contributed by atoms with E-state index in [1.54, 1.807) is 7.11 Å². The molecule has 0 aromatic heterocycles. The Bertz CT molecular complexity index is 779. The third-order valence-electron chi connectivity index (χ3n) is 4.89. The van der Waals surface area contributed by atoms with Crippen LogP contribution >= 0.6 is 0 Å². The maximum atomic E-state index is 6.15. The second kappa shape index (κ2) is 6.04. The van der Waals surface area contributed by atoms with Gasteiger partial charge in [0.1, 0.15) is 18.1 Å². The molecule has 3 rings (SSSR count). The Morgan fingerprint density at radius 1 is 1.04 bits per heavy atom. The number of nitrogens with zero attached hydrogens (tertiary/aromatic N) is 1. The molecule has 2 aliphatic rings. The third kappa shape index (κ3) is 3.34. The zero-order valence-corrected chi connectivity index (χ0v) is 17.3. The fourth-order valence-corrected chi connectivity index (χ4v) is 4.02. The summed E-state index contributed by atoms with van der Waals surface area (Å²) in [6.45, 7) is 16.6. The van der Waals surface area contributed by atoms with Crippen molar-refractivity contribution < 1.29 is 14.2 Å². The molecular weight excluding hydrogens is 326 g/mol. The van der Waals surface area contributed by atoms with Crippen LogP contribution in [0.25, 0.3) is 5.76 Å². The van der Waals surface area contributed by atoms with Crippen molar-refractivity contribution in [2.75, 3.05) is 20.3 Å². The van der Waals surface area contributed by atoms with Crippen molar-refractivity contribution in [2.24, 2.45) is 15.8 Å². The van der Waals surface area contributed by atoms with Gasteiger partial charge in [-0.2, -0.15) is 0 Å². The minimum Gasteiger partial charge on any atom is -0.496 e. The molecule has 0 spiro atoms. The minimum atomic E-state index is -0.195. The van der Waals surface area contributed by atoms with Gasteiger partial charge in [0, 0.05) is 11.0 Å². The number of benzene rings is 1. The highest BCUT2D eigenvalue weighted by molar-refractivity contribution is 5.98. The Hall–Kier alpha value is -1.97. The average molecular weight is 357 g/mol. The van der Waals surface area contributed by atoms with Crippen molar-refractivity contribution in [2.45, 2.75) is 54.0 Å². The van der Waals surface area contributed by atoms with E-state index in [0.29, 0.717) is 19.1 Å². The molecule has 0 bridgehead atoms. The lowest BCUT2D eigenvalue weighted by molar-refractivity contribution is 0.213. The molecule has 1 aromatic rings. The van der Waals surface area contributed by atoms with Crippen LogP contribution in [0.2, 0.25) is 0 Å². The highest BCUT2D eigenvalue weighted by Gasteiger charge is 2.41. The highest BCUT2D eigenvalue weighted by Crippen LogP contribution is 2.49. The summed E-state index contributed by atoms with van der Waals surface area (Å²) in [7, 11) is 1.68. The SMILES string of the molecule is COc1cc(C2=C(C(C)(C)C)C(C)(C)CO2)ccc1C1=NC(C)(C)CO1. The lowest BCUT2D eigenvalue weighted by Crippen LogP contribution is -2.24. The Morgan fingerprint density at radius 2 is 1.73 bits per heavy atom. The molecule has 1 aromatic carbocycles. The number of ether oxygens (including phenoxy) is 3. The molecule has 4 nitrogen and oxygen atoms in total. The fraction of sp³-hybridized carbons (Fsp3) is 0.591. The van der Waals surface area contributed by atoms with Gasteiger partial charge in [-0.25, -0.2) is 4.99 Å². The first-order valence-electron chi connectivity index (χ1n) is 9.24. The number of rotatable bonds is 3. The van der Waals surface area contributed by atoms with Crippen LogP contribution < -0.4 is 4.74 Å². The van der Waals surface area contributed by atoms with Gasteiger partial charge in [-0.3, -0.25) is 0 Å². The predicted octanol–water partition coefficient (Wildman–Crippen LogP) is 5.06. The zero-order valence-electron chi connectivity index (χ0n) is 17.3. The van der Waals surface area contributed by atoms with E-state index in [2.05, 4.69) is 59.5 Å². The fourth-order valence-electron chi connectivity index (χ4n) is 4.02. The molecule has 0 saturated carbocycles. The Morgan fingerprint density at radius 3 is 2.27 bits per heavy atom. The lowest BCUT2D eigenvalue weighted by atomic mass is 9.71. The first-order valence-corrected chi connectivity index (χ1v) is 9.24. The monoisotopic (exact) mass is 357 g/mol. The average Bonchev–Trinajstić information content (AvgIpc) is 3.05. The lowest BCUT2D eigenvalue weighted by Gasteiger charge is -2.30. The normalized spacial score (nSPS) is 21.3. The van der Waals surface area contributed by atoms with Gasteiger partial charge in [0.2, 0.25) is 5.90 Å². The van der Waals surface area contributed by atoms with E-state index in [4.69, 9.17) is 14.2 Å². The third-order valence-corrected chi connectivity index (χ3v) is 4.89. The number of aliphatic imine (C=N–C) groups is 1. The second-order valence-electron chi connectivity index (χ2n) is 9.56. The summed E-state index contributed by atoms with van der Waals surface area (Å²) in [6.07, 6.45) is 0. The Kier molecular flexibility index (Phi) is 4.37. The smallest absolute Gasteiger partial charge is 0.220 e.